The zero-order valence-electron chi connectivity index (χ0n) is 14.9. The van der Waals surface area contributed by atoms with Gasteiger partial charge in [-0.3, -0.25) is 19.3 Å². The number of anilines is 3. The smallest absolute Gasteiger partial charge is 0.254 e. The lowest BCUT2D eigenvalue weighted by molar-refractivity contribution is -0.115. The Morgan fingerprint density at radius 3 is 2.22 bits per heavy atom. The van der Waals surface area contributed by atoms with Gasteiger partial charge in [-0.05, 0) is 36.8 Å². The van der Waals surface area contributed by atoms with E-state index in [1.807, 2.05) is 43.3 Å². The van der Waals surface area contributed by atoms with Crippen molar-refractivity contribution in [3.8, 4) is 6.07 Å². The maximum absolute atomic E-state index is 12.2. The highest BCUT2D eigenvalue weighted by Crippen LogP contribution is 2.31. The normalized spacial score (nSPS) is 11.6. The van der Waals surface area contributed by atoms with Gasteiger partial charge in [0.1, 0.15) is 11.4 Å². The average molecular weight is 359 g/mol. The van der Waals surface area contributed by atoms with Gasteiger partial charge < -0.3 is 5.32 Å². The van der Waals surface area contributed by atoms with Gasteiger partial charge in [-0.1, -0.05) is 30.3 Å². The van der Waals surface area contributed by atoms with Crippen molar-refractivity contribution < 1.29 is 4.79 Å². The first-order valence-corrected chi connectivity index (χ1v) is 8.39. The summed E-state index contributed by atoms with van der Waals surface area (Å²) in [6.45, 7) is 3.19. The summed E-state index contributed by atoms with van der Waals surface area (Å²) in [7, 11) is 0. The van der Waals surface area contributed by atoms with Crippen LogP contribution in [0.3, 0.4) is 0 Å². The first-order chi connectivity index (χ1) is 12.9. The van der Waals surface area contributed by atoms with E-state index >= 15 is 0 Å². The predicted octanol–water partition coefficient (Wildman–Crippen LogP) is 3.01. The molecule has 0 saturated heterocycles. The highest BCUT2D eigenvalue weighted by atomic mass is 16.2. The molecule has 0 aliphatic heterocycles. The molecular formula is C21H17N3O3. The topological polar surface area (TPSA) is 90.3 Å². The van der Waals surface area contributed by atoms with Crippen LogP contribution in [0.25, 0.3) is 0 Å². The second-order valence-corrected chi connectivity index (χ2v) is 6.17. The largest absolute Gasteiger partial charge is 0.373 e. The summed E-state index contributed by atoms with van der Waals surface area (Å²) in [6, 6.07) is 17.5. The Hall–Kier alpha value is -3.72. The molecule has 0 aliphatic rings. The zero-order chi connectivity index (χ0) is 19.6. The third-order valence-corrected chi connectivity index (χ3v) is 4.34. The molecule has 6 heteroatoms. The molecule has 27 heavy (non-hydrogen) atoms. The fourth-order valence-electron chi connectivity index (χ4n) is 2.92. The Morgan fingerprint density at radius 2 is 1.67 bits per heavy atom. The number of rotatable bonds is 5. The summed E-state index contributed by atoms with van der Waals surface area (Å²) in [6.07, 6.45) is 0. The molecule has 1 N–H and O–H groups in total. The third-order valence-electron chi connectivity index (χ3n) is 4.34. The number of carbonyl (C=O) groups is 1. The number of amides is 1. The van der Waals surface area contributed by atoms with E-state index in [0.717, 1.165) is 5.56 Å². The minimum Gasteiger partial charge on any atom is -0.373 e. The number of nitriles is 1. The molecule has 0 bridgehead atoms. The third kappa shape index (κ3) is 3.35. The van der Waals surface area contributed by atoms with E-state index < -0.39 is 16.8 Å². The summed E-state index contributed by atoms with van der Waals surface area (Å²) in [5, 5.41) is 12.0. The van der Waals surface area contributed by atoms with Crippen molar-refractivity contribution in [3.05, 3.63) is 86.2 Å². The first kappa shape index (κ1) is 18.1. The molecule has 134 valence electrons. The van der Waals surface area contributed by atoms with Gasteiger partial charge in [0.15, 0.2) is 0 Å². The van der Waals surface area contributed by atoms with E-state index in [2.05, 4.69) is 5.32 Å². The molecule has 3 rings (SSSR count). The molecule has 0 spiro atoms. The van der Waals surface area contributed by atoms with Gasteiger partial charge in [0.2, 0.25) is 5.91 Å². The molecule has 0 aromatic heterocycles. The van der Waals surface area contributed by atoms with Gasteiger partial charge in [0.05, 0.1) is 11.6 Å². The van der Waals surface area contributed by atoms with Crippen molar-refractivity contribution in [2.75, 3.05) is 10.2 Å². The molecule has 1 amide bonds. The molecule has 0 radical (unpaired) electrons. The SMILES string of the molecule is CC(=O)N(c1ccc(C#N)cc1)c1c(N[C@H](C)c2ccccc2)c(=O)c1=O. The van der Waals surface area contributed by atoms with Gasteiger partial charge in [0, 0.05) is 18.7 Å². The van der Waals surface area contributed by atoms with E-state index in [0.29, 0.717) is 11.3 Å². The minimum atomic E-state index is -0.711. The summed E-state index contributed by atoms with van der Waals surface area (Å²) in [4.78, 5) is 37.8. The summed E-state index contributed by atoms with van der Waals surface area (Å²) < 4.78 is 0. The number of benzene rings is 2. The van der Waals surface area contributed by atoms with Crippen LogP contribution in [0.15, 0.2) is 64.2 Å². The van der Waals surface area contributed by atoms with Crippen LogP contribution in [0.4, 0.5) is 17.1 Å². The fraction of sp³-hybridized carbons (Fsp3) is 0.143. The van der Waals surface area contributed by atoms with Crippen molar-refractivity contribution in [2.24, 2.45) is 0 Å². The molecule has 0 fully saturated rings. The van der Waals surface area contributed by atoms with Crippen LogP contribution in [0.1, 0.15) is 31.0 Å². The molecule has 0 saturated carbocycles. The number of nitrogens with zero attached hydrogens (tertiary/aromatic N) is 2. The van der Waals surface area contributed by atoms with Crippen molar-refractivity contribution in [1.29, 1.82) is 5.26 Å². The monoisotopic (exact) mass is 359 g/mol. The molecule has 6 nitrogen and oxygen atoms in total. The van der Waals surface area contributed by atoms with E-state index in [1.54, 1.807) is 24.3 Å². The maximum Gasteiger partial charge on any atom is 0.254 e. The average Bonchev–Trinajstić information content (AvgIpc) is 2.70. The lowest BCUT2D eigenvalue weighted by Gasteiger charge is -2.26. The highest BCUT2D eigenvalue weighted by Gasteiger charge is 2.30. The molecule has 0 heterocycles. The zero-order valence-corrected chi connectivity index (χ0v) is 14.9. The fourth-order valence-corrected chi connectivity index (χ4v) is 2.92. The quantitative estimate of drug-likeness (QED) is 0.707. The molecule has 3 aromatic rings. The molecule has 0 aliphatic carbocycles. The molecule has 3 aromatic carbocycles. The Labute approximate surface area is 156 Å². The van der Waals surface area contributed by atoms with Gasteiger partial charge >= 0.3 is 0 Å². The number of hydrogen-bond donors (Lipinski definition) is 1. The number of hydrogen-bond acceptors (Lipinski definition) is 5. The van der Waals surface area contributed by atoms with E-state index in [-0.39, 0.29) is 17.4 Å². The Bertz CT molecular complexity index is 1090. The van der Waals surface area contributed by atoms with Crippen LogP contribution >= 0.6 is 0 Å². The van der Waals surface area contributed by atoms with E-state index in [1.165, 1.54) is 11.8 Å². The van der Waals surface area contributed by atoms with Crippen LogP contribution in [0, 0.1) is 11.3 Å². The minimum absolute atomic E-state index is 0.0278. The Morgan fingerprint density at radius 1 is 1.04 bits per heavy atom. The predicted molar refractivity (Wildman–Crippen MR) is 104 cm³/mol. The number of carbonyl (C=O) groups excluding carboxylic acids is 1. The first-order valence-electron chi connectivity index (χ1n) is 8.39. The van der Waals surface area contributed by atoms with Crippen LogP contribution < -0.4 is 21.1 Å². The van der Waals surface area contributed by atoms with Gasteiger partial charge in [-0.2, -0.15) is 5.26 Å². The van der Waals surface area contributed by atoms with Crippen LogP contribution in [0.2, 0.25) is 0 Å². The van der Waals surface area contributed by atoms with Gasteiger partial charge in [-0.25, -0.2) is 0 Å². The van der Waals surface area contributed by atoms with Gasteiger partial charge in [-0.15, -0.1) is 0 Å². The Balaban J connectivity index is 1.99. The summed E-state index contributed by atoms with van der Waals surface area (Å²) >= 11 is 0. The molecular weight excluding hydrogens is 342 g/mol. The van der Waals surface area contributed by atoms with Crippen molar-refractivity contribution in [1.82, 2.24) is 0 Å². The Kier molecular flexibility index (Phi) is 4.86. The van der Waals surface area contributed by atoms with Crippen molar-refractivity contribution >= 4 is 23.0 Å². The molecule has 0 unspecified atom stereocenters. The lowest BCUT2D eigenvalue weighted by atomic mass is 10.1. The van der Waals surface area contributed by atoms with Crippen LogP contribution in [-0.2, 0) is 4.79 Å². The lowest BCUT2D eigenvalue weighted by Crippen LogP contribution is -2.42. The van der Waals surface area contributed by atoms with Crippen molar-refractivity contribution in [2.45, 2.75) is 19.9 Å². The van der Waals surface area contributed by atoms with E-state index in [9.17, 15) is 14.4 Å². The second kappa shape index (κ2) is 7.26. The highest BCUT2D eigenvalue weighted by molar-refractivity contribution is 6.03. The van der Waals surface area contributed by atoms with Crippen LogP contribution in [-0.4, -0.2) is 5.91 Å². The van der Waals surface area contributed by atoms with E-state index in [4.69, 9.17) is 5.26 Å². The maximum atomic E-state index is 12.2. The summed E-state index contributed by atoms with van der Waals surface area (Å²) in [5.41, 5.74) is 0.595. The standard InChI is InChI=1S/C21H17N3O3/c1-13(16-6-4-3-5-7-16)23-18-19(21(27)20(18)26)24(14(2)25)17-10-8-15(12-22)9-11-17/h3-11,13,23H,1-2H3/t13-/m1/s1. The van der Waals surface area contributed by atoms with Crippen LogP contribution in [0.5, 0.6) is 0 Å². The summed E-state index contributed by atoms with van der Waals surface area (Å²) in [5.74, 6) is -0.401. The number of nitrogens with one attached hydrogen (secondary N) is 1. The second-order valence-electron chi connectivity index (χ2n) is 6.17. The van der Waals surface area contributed by atoms with Crippen molar-refractivity contribution in [3.63, 3.8) is 0 Å². The van der Waals surface area contributed by atoms with Gasteiger partial charge in [0.25, 0.3) is 10.9 Å². The molecule has 1 atom stereocenters.